The van der Waals surface area contributed by atoms with E-state index in [9.17, 15) is 4.79 Å². The molecule has 0 spiro atoms. The van der Waals surface area contributed by atoms with Crippen molar-refractivity contribution in [1.29, 1.82) is 0 Å². The van der Waals surface area contributed by atoms with Crippen molar-refractivity contribution in [1.82, 2.24) is 10.3 Å². The number of carbonyl (C=O) groups is 1. The van der Waals surface area contributed by atoms with Crippen molar-refractivity contribution in [3.63, 3.8) is 0 Å². The molecule has 1 fully saturated rings. The second-order valence-electron chi connectivity index (χ2n) is 5.48. The molecule has 0 bridgehead atoms. The Morgan fingerprint density at radius 1 is 1.33 bits per heavy atom. The molecule has 3 nitrogen and oxygen atoms in total. The third kappa shape index (κ3) is 3.37. The van der Waals surface area contributed by atoms with Crippen LogP contribution in [-0.2, 0) is 11.2 Å². The Kier molecular flexibility index (Phi) is 4.45. The maximum atomic E-state index is 12.0. The van der Waals surface area contributed by atoms with Gasteiger partial charge in [-0.05, 0) is 44.7 Å². The number of carbonyl (C=O) groups excluding carboxylic acids is 1. The summed E-state index contributed by atoms with van der Waals surface area (Å²) in [6, 6.07) is 2.17. The fourth-order valence-corrected chi connectivity index (χ4v) is 2.87. The fraction of sp³-hybridized carbons (Fsp3) is 0.667. The van der Waals surface area contributed by atoms with Crippen molar-refractivity contribution < 1.29 is 4.79 Å². The van der Waals surface area contributed by atoms with Gasteiger partial charge in [-0.25, -0.2) is 0 Å². The second kappa shape index (κ2) is 6.07. The molecular weight excluding hydrogens is 224 g/mol. The molecule has 1 aromatic heterocycles. The SMILES string of the molecule is Cc1cc(CCNC(=O)C2CCCCC2)c(C)[nH]1. The van der Waals surface area contributed by atoms with E-state index in [0.29, 0.717) is 0 Å². The summed E-state index contributed by atoms with van der Waals surface area (Å²) in [6.45, 7) is 4.91. The van der Waals surface area contributed by atoms with Crippen LogP contribution < -0.4 is 5.32 Å². The first-order valence-electron chi connectivity index (χ1n) is 7.09. The maximum Gasteiger partial charge on any atom is 0.223 e. The summed E-state index contributed by atoms with van der Waals surface area (Å²) in [4.78, 5) is 15.3. The third-order valence-electron chi connectivity index (χ3n) is 3.93. The largest absolute Gasteiger partial charge is 0.362 e. The number of amides is 1. The lowest BCUT2D eigenvalue weighted by Gasteiger charge is -2.20. The summed E-state index contributed by atoms with van der Waals surface area (Å²) in [6.07, 6.45) is 6.81. The first-order valence-corrected chi connectivity index (χ1v) is 7.09. The van der Waals surface area contributed by atoms with E-state index in [1.165, 1.54) is 36.2 Å². The van der Waals surface area contributed by atoms with Crippen molar-refractivity contribution in [2.75, 3.05) is 6.54 Å². The number of H-pyrrole nitrogens is 1. The topological polar surface area (TPSA) is 44.9 Å². The number of aromatic nitrogens is 1. The molecular formula is C15H24N2O. The molecule has 1 amide bonds. The Morgan fingerprint density at radius 2 is 2.06 bits per heavy atom. The standard InChI is InChI=1S/C15H24N2O/c1-11-10-14(12(2)17-11)8-9-16-15(18)13-6-4-3-5-7-13/h10,13,17H,3-9H2,1-2H3,(H,16,18). The van der Waals surface area contributed by atoms with Gasteiger partial charge in [0.05, 0.1) is 0 Å². The Bertz CT molecular complexity index is 403. The van der Waals surface area contributed by atoms with Crippen LogP contribution in [0.25, 0.3) is 0 Å². The van der Waals surface area contributed by atoms with Gasteiger partial charge in [-0.1, -0.05) is 19.3 Å². The predicted octanol–water partition coefficient (Wildman–Crippen LogP) is 2.87. The molecule has 1 heterocycles. The van der Waals surface area contributed by atoms with Crippen LogP contribution in [0.4, 0.5) is 0 Å². The van der Waals surface area contributed by atoms with Gasteiger partial charge in [0, 0.05) is 23.9 Å². The summed E-state index contributed by atoms with van der Waals surface area (Å²) in [5, 5.41) is 3.08. The normalized spacial score (nSPS) is 16.8. The first kappa shape index (κ1) is 13.2. The Labute approximate surface area is 109 Å². The lowest BCUT2D eigenvalue weighted by Crippen LogP contribution is -2.33. The zero-order chi connectivity index (χ0) is 13.0. The molecule has 1 saturated carbocycles. The number of hydrogen-bond donors (Lipinski definition) is 2. The minimum atomic E-state index is 0.264. The van der Waals surface area contributed by atoms with Crippen LogP contribution in [0.5, 0.6) is 0 Å². The molecule has 0 aliphatic heterocycles. The molecule has 2 N–H and O–H groups in total. The molecule has 0 unspecified atom stereocenters. The Balaban J connectivity index is 1.74. The molecule has 1 aliphatic rings. The highest BCUT2D eigenvalue weighted by Gasteiger charge is 2.20. The second-order valence-corrected chi connectivity index (χ2v) is 5.48. The predicted molar refractivity (Wildman–Crippen MR) is 73.6 cm³/mol. The highest BCUT2D eigenvalue weighted by molar-refractivity contribution is 5.78. The Morgan fingerprint density at radius 3 is 2.67 bits per heavy atom. The lowest BCUT2D eigenvalue weighted by molar-refractivity contribution is -0.125. The summed E-state index contributed by atoms with van der Waals surface area (Å²) < 4.78 is 0. The molecule has 2 rings (SSSR count). The van der Waals surface area contributed by atoms with Gasteiger partial charge >= 0.3 is 0 Å². The van der Waals surface area contributed by atoms with Gasteiger partial charge in [0.15, 0.2) is 0 Å². The van der Waals surface area contributed by atoms with Gasteiger partial charge < -0.3 is 10.3 Å². The minimum Gasteiger partial charge on any atom is -0.362 e. The number of rotatable bonds is 4. The fourth-order valence-electron chi connectivity index (χ4n) is 2.87. The van der Waals surface area contributed by atoms with Gasteiger partial charge in [0.1, 0.15) is 0 Å². The summed E-state index contributed by atoms with van der Waals surface area (Å²) in [7, 11) is 0. The van der Waals surface area contributed by atoms with E-state index in [1.54, 1.807) is 0 Å². The smallest absolute Gasteiger partial charge is 0.223 e. The molecule has 18 heavy (non-hydrogen) atoms. The van der Waals surface area contributed by atoms with E-state index < -0.39 is 0 Å². The summed E-state index contributed by atoms with van der Waals surface area (Å²) >= 11 is 0. The molecule has 0 radical (unpaired) electrons. The summed E-state index contributed by atoms with van der Waals surface area (Å²) in [5.74, 6) is 0.535. The molecule has 100 valence electrons. The first-order chi connectivity index (χ1) is 8.66. The average molecular weight is 248 g/mol. The van der Waals surface area contributed by atoms with Gasteiger partial charge in [-0.15, -0.1) is 0 Å². The van der Waals surface area contributed by atoms with Gasteiger partial charge in [-0.3, -0.25) is 4.79 Å². The third-order valence-corrected chi connectivity index (χ3v) is 3.93. The highest BCUT2D eigenvalue weighted by atomic mass is 16.1. The average Bonchev–Trinajstić information content (AvgIpc) is 2.69. The number of aryl methyl sites for hydroxylation is 2. The molecule has 0 aromatic carbocycles. The zero-order valence-corrected chi connectivity index (χ0v) is 11.5. The van der Waals surface area contributed by atoms with E-state index in [0.717, 1.165) is 25.8 Å². The van der Waals surface area contributed by atoms with Crippen LogP contribution in [0.3, 0.4) is 0 Å². The molecule has 0 atom stereocenters. The summed E-state index contributed by atoms with van der Waals surface area (Å²) in [5.41, 5.74) is 3.73. The van der Waals surface area contributed by atoms with Crippen molar-refractivity contribution in [3.8, 4) is 0 Å². The van der Waals surface area contributed by atoms with Crippen LogP contribution in [0, 0.1) is 19.8 Å². The van der Waals surface area contributed by atoms with Crippen LogP contribution in [-0.4, -0.2) is 17.4 Å². The number of nitrogens with one attached hydrogen (secondary N) is 2. The van der Waals surface area contributed by atoms with Crippen LogP contribution in [0.1, 0.15) is 49.1 Å². The minimum absolute atomic E-state index is 0.264. The van der Waals surface area contributed by atoms with E-state index in [2.05, 4.69) is 30.2 Å². The number of aromatic amines is 1. The van der Waals surface area contributed by atoms with Crippen molar-refractivity contribution in [2.45, 2.75) is 52.4 Å². The van der Waals surface area contributed by atoms with E-state index in [4.69, 9.17) is 0 Å². The van der Waals surface area contributed by atoms with Crippen molar-refractivity contribution >= 4 is 5.91 Å². The van der Waals surface area contributed by atoms with Crippen LogP contribution in [0.15, 0.2) is 6.07 Å². The van der Waals surface area contributed by atoms with Crippen molar-refractivity contribution in [2.24, 2.45) is 5.92 Å². The van der Waals surface area contributed by atoms with Crippen LogP contribution in [0.2, 0.25) is 0 Å². The molecule has 3 heteroatoms. The molecule has 0 saturated heterocycles. The zero-order valence-electron chi connectivity index (χ0n) is 11.5. The highest BCUT2D eigenvalue weighted by Crippen LogP contribution is 2.23. The van der Waals surface area contributed by atoms with Gasteiger partial charge in [-0.2, -0.15) is 0 Å². The quantitative estimate of drug-likeness (QED) is 0.845. The van der Waals surface area contributed by atoms with E-state index >= 15 is 0 Å². The lowest BCUT2D eigenvalue weighted by atomic mass is 9.88. The van der Waals surface area contributed by atoms with Crippen LogP contribution >= 0.6 is 0 Å². The van der Waals surface area contributed by atoms with Gasteiger partial charge in [0.2, 0.25) is 5.91 Å². The number of hydrogen-bond acceptors (Lipinski definition) is 1. The maximum absolute atomic E-state index is 12.0. The van der Waals surface area contributed by atoms with E-state index in [1.807, 2.05) is 0 Å². The van der Waals surface area contributed by atoms with Crippen molar-refractivity contribution in [3.05, 3.63) is 23.0 Å². The monoisotopic (exact) mass is 248 g/mol. The molecule has 1 aliphatic carbocycles. The van der Waals surface area contributed by atoms with Gasteiger partial charge in [0.25, 0.3) is 0 Å². The van der Waals surface area contributed by atoms with E-state index in [-0.39, 0.29) is 11.8 Å². The Hall–Kier alpha value is -1.25. The molecule has 1 aromatic rings.